The van der Waals surface area contributed by atoms with E-state index >= 15 is 0 Å². The minimum absolute atomic E-state index is 0.0140. The summed E-state index contributed by atoms with van der Waals surface area (Å²) in [7, 11) is 0. The van der Waals surface area contributed by atoms with Crippen molar-refractivity contribution in [3.05, 3.63) is 47.6 Å². The summed E-state index contributed by atoms with van der Waals surface area (Å²) in [5, 5.41) is 6.09. The van der Waals surface area contributed by atoms with E-state index in [4.69, 9.17) is 26.5 Å². The molecule has 3 heterocycles. The molecule has 128 valence electrons. The van der Waals surface area contributed by atoms with Gasteiger partial charge in [-0.25, -0.2) is 9.50 Å². The van der Waals surface area contributed by atoms with Gasteiger partial charge in [-0.15, -0.1) is 5.10 Å². The summed E-state index contributed by atoms with van der Waals surface area (Å²) in [6.07, 6.45) is 2.57. The molecule has 0 saturated heterocycles. The van der Waals surface area contributed by atoms with E-state index in [1.54, 1.807) is 22.8 Å². The molecular formula is C18H17ClN4O2. The van der Waals surface area contributed by atoms with Crippen LogP contribution in [0.5, 0.6) is 5.88 Å². The molecule has 1 atom stereocenters. The number of hydrogen-bond donors (Lipinski definition) is 1. The van der Waals surface area contributed by atoms with Crippen molar-refractivity contribution in [2.24, 2.45) is 5.73 Å². The number of imidazole rings is 1. The minimum atomic E-state index is -0.0140. The molecule has 0 spiro atoms. The first-order chi connectivity index (χ1) is 12.1. The quantitative estimate of drug-likeness (QED) is 0.586. The van der Waals surface area contributed by atoms with Crippen LogP contribution in [-0.2, 0) is 0 Å². The lowest BCUT2D eigenvalue weighted by Crippen LogP contribution is -2.27. The van der Waals surface area contributed by atoms with Crippen LogP contribution >= 0.6 is 11.6 Å². The SMILES string of the molecule is CC[C@H](N)COc1ccc2ncc(-c3cc4cc(Cl)ccc4o3)n2n1. The Morgan fingerprint density at radius 3 is 3.00 bits per heavy atom. The van der Waals surface area contributed by atoms with E-state index in [0.29, 0.717) is 28.9 Å². The molecule has 4 rings (SSSR count). The van der Waals surface area contributed by atoms with Gasteiger partial charge < -0.3 is 14.9 Å². The molecule has 0 aliphatic heterocycles. The Balaban J connectivity index is 1.73. The summed E-state index contributed by atoms with van der Waals surface area (Å²) in [5.41, 5.74) is 8.10. The van der Waals surface area contributed by atoms with Crippen LogP contribution in [0.25, 0.3) is 28.1 Å². The standard InChI is InChI=1S/C18H17ClN4O2/c1-2-13(20)10-24-18-6-5-17-21-9-14(23(17)22-18)16-8-11-7-12(19)3-4-15(11)25-16/h3-9,13H,2,10,20H2,1H3/t13-/m0/s1. The summed E-state index contributed by atoms with van der Waals surface area (Å²) in [6.45, 7) is 2.44. The zero-order valence-electron chi connectivity index (χ0n) is 13.6. The highest BCUT2D eigenvalue weighted by Crippen LogP contribution is 2.30. The van der Waals surface area contributed by atoms with E-state index in [-0.39, 0.29) is 6.04 Å². The van der Waals surface area contributed by atoms with Crippen LogP contribution in [0.2, 0.25) is 5.02 Å². The van der Waals surface area contributed by atoms with Crippen molar-refractivity contribution in [1.29, 1.82) is 0 Å². The van der Waals surface area contributed by atoms with E-state index in [9.17, 15) is 0 Å². The monoisotopic (exact) mass is 356 g/mol. The van der Waals surface area contributed by atoms with Crippen LogP contribution in [-0.4, -0.2) is 27.2 Å². The maximum Gasteiger partial charge on any atom is 0.231 e. The lowest BCUT2D eigenvalue weighted by atomic mass is 10.2. The molecular weight excluding hydrogens is 340 g/mol. The molecule has 2 N–H and O–H groups in total. The Morgan fingerprint density at radius 1 is 1.28 bits per heavy atom. The van der Waals surface area contributed by atoms with Gasteiger partial charge in [0, 0.05) is 22.5 Å². The highest BCUT2D eigenvalue weighted by atomic mass is 35.5. The Labute approximate surface area is 149 Å². The summed E-state index contributed by atoms with van der Waals surface area (Å²) in [5.74, 6) is 1.16. The molecule has 4 aromatic rings. The zero-order chi connectivity index (χ0) is 17.4. The maximum absolute atomic E-state index is 6.04. The number of fused-ring (bicyclic) bond motifs is 2. The van der Waals surface area contributed by atoms with E-state index in [1.807, 2.05) is 31.2 Å². The molecule has 7 heteroatoms. The molecule has 6 nitrogen and oxygen atoms in total. The smallest absolute Gasteiger partial charge is 0.231 e. The molecule has 3 aromatic heterocycles. The van der Waals surface area contributed by atoms with Gasteiger partial charge in [0.25, 0.3) is 0 Å². The van der Waals surface area contributed by atoms with Gasteiger partial charge in [0.15, 0.2) is 11.4 Å². The number of furan rings is 1. The van der Waals surface area contributed by atoms with Gasteiger partial charge in [-0.05, 0) is 36.8 Å². The predicted molar refractivity (Wildman–Crippen MR) is 97.0 cm³/mol. The van der Waals surface area contributed by atoms with Gasteiger partial charge in [-0.3, -0.25) is 0 Å². The van der Waals surface area contributed by atoms with Gasteiger partial charge in [0.2, 0.25) is 5.88 Å². The molecule has 0 radical (unpaired) electrons. The first kappa shape index (κ1) is 15.9. The maximum atomic E-state index is 6.04. The van der Waals surface area contributed by atoms with Crippen LogP contribution in [0.4, 0.5) is 0 Å². The number of hydrogen-bond acceptors (Lipinski definition) is 5. The van der Waals surface area contributed by atoms with E-state index in [1.165, 1.54) is 0 Å². The van der Waals surface area contributed by atoms with E-state index in [2.05, 4.69) is 10.1 Å². The summed E-state index contributed by atoms with van der Waals surface area (Å²) < 4.78 is 13.3. The van der Waals surface area contributed by atoms with E-state index in [0.717, 1.165) is 23.1 Å². The van der Waals surface area contributed by atoms with Crippen LogP contribution < -0.4 is 10.5 Å². The third kappa shape index (κ3) is 3.06. The highest BCUT2D eigenvalue weighted by Gasteiger charge is 2.13. The lowest BCUT2D eigenvalue weighted by molar-refractivity contribution is 0.271. The molecule has 25 heavy (non-hydrogen) atoms. The van der Waals surface area contributed by atoms with Crippen molar-refractivity contribution in [2.45, 2.75) is 19.4 Å². The van der Waals surface area contributed by atoms with Crippen LogP contribution in [0, 0.1) is 0 Å². The van der Waals surface area contributed by atoms with Gasteiger partial charge in [-0.1, -0.05) is 18.5 Å². The van der Waals surface area contributed by atoms with Crippen molar-refractivity contribution in [2.75, 3.05) is 6.61 Å². The van der Waals surface area contributed by atoms with Gasteiger partial charge in [-0.2, -0.15) is 0 Å². The van der Waals surface area contributed by atoms with Crippen molar-refractivity contribution in [1.82, 2.24) is 14.6 Å². The fourth-order valence-corrected chi connectivity index (χ4v) is 2.73. The van der Waals surface area contributed by atoms with Crippen molar-refractivity contribution in [3.63, 3.8) is 0 Å². The second kappa shape index (κ2) is 6.38. The van der Waals surface area contributed by atoms with Gasteiger partial charge >= 0.3 is 0 Å². The second-order valence-electron chi connectivity index (χ2n) is 5.86. The first-order valence-electron chi connectivity index (χ1n) is 8.06. The average molecular weight is 357 g/mol. The molecule has 0 aliphatic rings. The normalized spacial score (nSPS) is 12.8. The Bertz CT molecular complexity index is 1040. The highest BCUT2D eigenvalue weighted by molar-refractivity contribution is 6.31. The van der Waals surface area contributed by atoms with Crippen molar-refractivity contribution in [3.8, 4) is 17.3 Å². The van der Waals surface area contributed by atoms with Crippen LogP contribution in [0.15, 0.2) is 47.0 Å². The number of aromatic nitrogens is 3. The van der Waals surface area contributed by atoms with E-state index < -0.39 is 0 Å². The first-order valence-corrected chi connectivity index (χ1v) is 8.44. The fraction of sp³-hybridized carbons (Fsp3) is 0.222. The number of benzene rings is 1. The molecule has 1 aromatic carbocycles. The lowest BCUT2D eigenvalue weighted by Gasteiger charge is -2.10. The Morgan fingerprint density at radius 2 is 2.16 bits per heavy atom. The molecule has 0 bridgehead atoms. The van der Waals surface area contributed by atoms with Crippen molar-refractivity contribution >= 4 is 28.2 Å². The number of rotatable bonds is 5. The molecule has 0 saturated carbocycles. The number of halogens is 1. The molecule has 0 aliphatic carbocycles. The number of nitrogens with two attached hydrogens (primary N) is 1. The largest absolute Gasteiger partial charge is 0.475 e. The summed E-state index contributed by atoms with van der Waals surface area (Å²) in [6, 6.07) is 11.1. The predicted octanol–water partition coefficient (Wildman–Crippen LogP) is 3.91. The number of nitrogens with zero attached hydrogens (tertiary/aromatic N) is 3. The molecule has 0 unspecified atom stereocenters. The Hall–Kier alpha value is -2.57. The van der Waals surface area contributed by atoms with Gasteiger partial charge in [0.1, 0.15) is 17.9 Å². The third-order valence-electron chi connectivity index (χ3n) is 4.04. The topological polar surface area (TPSA) is 78.6 Å². The number of ether oxygens (including phenoxy) is 1. The van der Waals surface area contributed by atoms with Crippen molar-refractivity contribution < 1.29 is 9.15 Å². The Kier molecular flexibility index (Phi) is 4.07. The molecule has 0 amide bonds. The average Bonchev–Trinajstić information content (AvgIpc) is 3.22. The zero-order valence-corrected chi connectivity index (χ0v) is 14.4. The summed E-state index contributed by atoms with van der Waals surface area (Å²) >= 11 is 6.04. The summed E-state index contributed by atoms with van der Waals surface area (Å²) in [4.78, 5) is 4.37. The van der Waals surface area contributed by atoms with Crippen LogP contribution in [0.3, 0.4) is 0 Å². The second-order valence-corrected chi connectivity index (χ2v) is 6.29. The van der Waals surface area contributed by atoms with Crippen LogP contribution in [0.1, 0.15) is 13.3 Å². The van der Waals surface area contributed by atoms with Gasteiger partial charge in [0.05, 0.1) is 6.20 Å². The third-order valence-corrected chi connectivity index (χ3v) is 4.27. The minimum Gasteiger partial charge on any atom is -0.475 e. The molecule has 0 fully saturated rings. The fourth-order valence-electron chi connectivity index (χ4n) is 2.55.